The Balaban J connectivity index is 3.79. The molecule has 0 fully saturated rings. The van der Waals surface area contributed by atoms with Gasteiger partial charge in [0.2, 0.25) is 0 Å². The van der Waals surface area contributed by atoms with Gasteiger partial charge in [0, 0.05) is 6.04 Å². The van der Waals surface area contributed by atoms with Crippen molar-refractivity contribution >= 4 is 0 Å². The molecule has 0 amide bonds. The number of nitrogens with two attached hydrogens (primary N) is 1. The molecular weight excluding hydrogens is 146 g/mol. The molecule has 1 heteroatoms. The van der Waals surface area contributed by atoms with Crippen LogP contribution in [0.1, 0.15) is 59.8 Å². The highest BCUT2D eigenvalue weighted by Crippen LogP contribution is 2.28. The highest BCUT2D eigenvalue weighted by molar-refractivity contribution is 4.80. The van der Waals surface area contributed by atoms with Crippen LogP contribution in [0.3, 0.4) is 0 Å². The number of hydrogen-bond acceptors (Lipinski definition) is 1. The first-order chi connectivity index (χ1) is 5.54. The summed E-state index contributed by atoms with van der Waals surface area (Å²) in [7, 11) is 0. The van der Waals surface area contributed by atoms with Crippen LogP contribution in [0, 0.1) is 5.41 Å². The van der Waals surface area contributed by atoms with Crippen molar-refractivity contribution in [2.75, 3.05) is 0 Å². The van der Waals surface area contributed by atoms with Crippen molar-refractivity contribution in [3.63, 3.8) is 0 Å². The Morgan fingerprint density at radius 2 is 1.75 bits per heavy atom. The fraction of sp³-hybridized carbons (Fsp3) is 1.00. The highest BCUT2D eigenvalue weighted by atomic mass is 14.7. The lowest BCUT2D eigenvalue weighted by Crippen LogP contribution is -2.37. The quantitative estimate of drug-likeness (QED) is 0.652. The molecule has 0 aliphatic rings. The molecule has 0 spiro atoms. The van der Waals surface area contributed by atoms with Crippen LogP contribution >= 0.6 is 0 Å². The molecule has 1 atom stereocenters. The maximum atomic E-state index is 6.12. The lowest BCUT2D eigenvalue weighted by Gasteiger charge is -2.31. The topological polar surface area (TPSA) is 26.0 Å². The monoisotopic (exact) mass is 171 g/mol. The Kier molecular flexibility index (Phi) is 5.56. The first-order valence-corrected chi connectivity index (χ1v) is 5.30. The maximum Gasteiger partial charge on any atom is 0.00902 e. The Hall–Kier alpha value is -0.0400. The molecule has 0 aromatic rings. The van der Waals surface area contributed by atoms with Crippen molar-refractivity contribution in [1.82, 2.24) is 0 Å². The minimum absolute atomic E-state index is 0.337. The second-order valence-electron chi connectivity index (χ2n) is 4.49. The lowest BCUT2D eigenvalue weighted by molar-refractivity contribution is 0.246. The molecule has 12 heavy (non-hydrogen) atoms. The average molecular weight is 171 g/mol. The van der Waals surface area contributed by atoms with E-state index >= 15 is 0 Å². The molecule has 0 bridgehead atoms. The fourth-order valence-electron chi connectivity index (χ4n) is 1.64. The van der Waals surface area contributed by atoms with Crippen molar-refractivity contribution in [3.05, 3.63) is 0 Å². The standard InChI is InChI=1S/C11H25N/c1-5-7-8-10(12)11(3,4)9-6-2/h10H,5-9,12H2,1-4H3. The molecule has 74 valence electrons. The van der Waals surface area contributed by atoms with E-state index in [1.165, 1.54) is 32.1 Å². The summed E-state index contributed by atoms with van der Waals surface area (Å²) in [4.78, 5) is 0. The predicted molar refractivity (Wildman–Crippen MR) is 56.2 cm³/mol. The van der Waals surface area contributed by atoms with Gasteiger partial charge in [-0.3, -0.25) is 0 Å². The van der Waals surface area contributed by atoms with E-state index in [9.17, 15) is 0 Å². The smallest absolute Gasteiger partial charge is 0.00902 e. The third kappa shape index (κ3) is 4.10. The van der Waals surface area contributed by atoms with Crippen LogP contribution in [0.25, 0.3) is 0 Å². The first-order valence-electron chi connectivity index (χ1n) is 5.30. The Morgan fingerprint density at radius 3 is 2.17 bits per heavy atom. The summed E-state index contributed by atoms with van der Waals surface area (Å²) in [6.07, 6.45) is 6.21. The fourth-order valence-corrected chi connectivity index (χ4v) is 1.64. The third-order valence-corrected chi connectivity index (χ3v) is 2.77. The molecule has 1 nitrogen and oxygen atoms in total. The molecule has 0 heterocycles. The van der Waals surface area contributed by atoms with Gasteiger partial charge in [-0.2, -0.15) is 0 Å². The second-order valence-corrected chi connectivity index (χ2v) is 4.49. The summed E-state index contributed by atoms with van der Waals surface area (Å²) in [5, 5.41) is 0. The normalized spacial score (nSPS) is 14.8. The Bertz CT molecular complexity index is 108. The summed E-state index contributed by atoms with van der Waals surface area (Å²) < 4.78 is 0. The van der Waals surface area contributed by atoms with E-state index in [-0.39, 0.29) is 0 Å². The summed E-state index contributed by atoms with van der Waals surface area (Å²) >= 11 is 0. The minimum Gasteiger partial charge on any atom is -0.327 e. The van der Waals surface area contributed by atoms with Gasteiger partial charge in [0.15, 0.2) is 0 Å². The van der Waals surface area contributed by atoms with Crippen LogP contribution in [0.2, 0.25) is 0 Å². The van der Waals surface area contributed by atoms with Crippen LogP contribution in [-0.2, 0) is 0 Å². The van der Waals surface area contributed by atoms with Crippen molar-refractivity contribution < 1.29 is 0 Å². The van der Waals surface area contributed by atoms with E-state index in [0.717, 1.165) is 0 Å². The number of unbranched alkanes of at least 4 members (excludes halogenated alkanes) is 1. The predicted octanol–water partition coefficient (Wildman–Crippen LogP) is 3.33. The first kappa shape index (κ1) is 12.0. The summed E-state index contributed by atoms with van der Waals surface area (Å²) in [5.41, 5.74) is 6.46. The zero-order chi connectivity index (χ0) is 9.61. The van der Waals surface area contributed by atoms with Crippen LogP contribution in [-0.4, -0.2) is 6.04 Å². The van der Waals surface area contributed by atoms with Gasteiger partial charge < -0.3 is 5.73 Å². The lowest BCUT2D eigenvalue weighted by atomic mass is 9.79. The van der Waals surface area contributed by atoms with Crippen LogP contribution in [0.15, 0.2) is 0 Å². The molecular formula is C11H25N. The van der Waals surface area contributed by atoms with Gasteiger partial charge in [-0.05, 0) is 18.3 Å². The van der Waals surface area contributed by atoms with E-state index in [2.05, 4.69) is 27.7 Å². The molecule has 0 saturated carbocycles. The molecule has 0 aliphatic heterocycles. The molecule has 0 aromatic heterocycles. The van der Waals surface area contributed by atoms with Gasteiger partial charge in [0.25, 0.3) is 0 Å². The van der Waals surface area contributed by atoms with Crippen LogP contribution in [0.4, 0.5) is 0 Å². The van der Waals surface area contributed by atoms with Crippen molar-refractivity contribution in [2.24, 2.45) is 11.1 Å². The minimum atomic E-state index is 0.337. The maximum absolute atomic E-state index is 6.12. The number of rotatable bonds is 6. The Morgan fingerprint density at radius 1 is 1.17 bits per heavy atom. The van der Waals surface area contributed by atoms with Crippen LogP contribution < -0.4 is 5.73 Å². The van der Waals surface area contributed by atoms with Gasteiger partial charge in [-0.25, -0.2) is 0 Å². The van der Waals surface area contributed by atoms with Gasteiger partial charge >= 0.3 is 0 Å². The Labute approximate surface area is 77.7 Å². The highest BCUT2D eigenvalue weighted by Gasteiger charge is 2.24. The molecule has 0 aromatic carbocycles. The van der Waals surface area contributed by atoms with E-state index < -0.39 is 0 Å². The molecule has 1 unspecified atom stereocenters. The van der Waals surface area contributed by atoms with Gasteiger partial charge in [0.05, 0.1) is 0 Å². The van der Waals surface area contributed by atoms with Crippen LogP contribution in [0.5, 0.6) is 0 Å². The largest absolute Gasteiger partial charge is 0.327 e. The molecule has 0 aliphatic carbocycles. The van der Waals surface area contributed by atoms with Gasteiger partial charge in [0.1, 0.15) is 0 Å². The molecule has 0 radical (unpaired) electrons. The molecule has 0 saturated heterocycles. The summed E-state index contributed by atoms with van der Waals surface area (Å²) in [6.45, 7) is 9.03. The second kappa shape index (κ2) is 5.58. The van der Waals surface area contributed by atoms with Gasteiger partial charge in [-0.1, -0.05) is 47.0 Å². The van der Waals surface area contributed by atoms with E-state index in [1.807, 2.05) is 0 Å². The number of hydrogen-bond donors (Lipinski definition) is 1. The van der Waals surface area contributed by atoms with E-state index in [0.29, 0.717) is 11.5 Å². The summed E-state index contributed by atoms with van der Waals surface area (Å²) in [5.74, 6) is 0. The van der Waals surface area contributed by atoms with Crippen molar-refractivity contribution in [2.45, 2.75) is 65.8 Å². The van der Waals surface area contributed by atoms with Crippen molar-refractivity contribution in [1.29, 1.82) is 0 Å². The molecule has 0 rings (SSSR count). The van der Waals surface area contributed by atoms with Crippen molar-refractivity contribution in [3.8, 4) is 0 Å². The van der Waals surface area contributed by atoms with E-state index in [1.54, 1.807) is 0 Å². The van der Waals surface area contributed by atoms with E-state index in [4.69, 9.17) is 5.73 Å². The summed E-state index contributed by atoms with van der Waals surface area (Å²) in [6, 6.07) is 0.386. The average Bonchev–Trinajstić information content (AvgIpc) is 2.00. The zero-order valence-electron chi connectivity index (χ0n) is 9.19. The molecule has 2 N–H and O–H groups in total. The van der Waals surface area contributed by atoms with Gasteiger partial charge in [-0.15, -0.1) is 0 Å². The zero-order valence-corrected chi connectivity index (χ0v) is 9.19. The SMILES string of the molecule is CCCCC(N)C(C)(C)CCC. The third-order valence-electron chi connectivity index (χ3n) is 2.77.